The van der Waals surface area contributed by atoms with E-state index in [1.165, 1.54) is 0 Å². The summed E-state index contributed by atoms with van der Waals surface area (Å²) >= 11 is 0. The van der Waals surface area contributed by atoms with Crippen LogP contribution in [0.15, 0.2) is 53.6 Å². The maximum atomic E-state index is 12.1. The van der Waals surface area contributed by atoms with Crippen LogP contribution in [-0.4, -0.2) is 28.7 Å². The topological polar surface area (TPSA) is 82.0 Å². The van der Waals surface area contributed by atoms with E-state index in [9.17, 15) is 4.79 Å². The van der Waals surface area contributed by atoms with Gasteiger partial charge < -0.3 is 5.32 Å². The molecule has 3 aromatic heterocycles. The van der Waals surface area contributed by atoms with Gasteiger partial charge in [-0.3, -0.25) is 13.5 Å². The molecule has 8 nitrogen and oxygen atoms in total. The second-order valence-electron chi connectivity index (χ2n) is 6.20. The predicted molar refractivity (Wildman–Crippen MR) is 99.7 cm³/mol. The van der Waals surface area contributed by atoms with Crippen molar-refractivity contribution in [3.63, 3.8) is 0 Å². The summed E-state index contributed by atoms with van der Waals surface area (Å²) in [4.78, 5) is 16.8. The van der Waals surface area contributed by atoms with E-state index < -0.39 is 0 Å². The summed E-state index contributed by atoms with van der Waals surface area (Å²) in [6.07, 6.45) is 1.68. The minimum absolute atomic E-state index is 0.0548. The molecule has 0 radical (unpaired) electrons. The summed E-state index contributed by atoms with van der Waals surface area (Å²) in [5, 5.41) is 11.5. The molecule has 5 aromatic rings. The molecule has 0 aliphatic carbocycles. The third kappa shape index (κ3) is 1.95. The van der Waals surface area contributed by atoms with Crippen molar-refractivity contribution >= 4 is 39.2 Å². The van der Waals surface area contributed by atoms with E-state index in [0.717, 1.165) is 27.8 Å². The average Bonchev–Trinajstić information content (AvgIpc) is 3.23. The molecular formula is C18H15N7O. The van der Waals surface area contributed by atoms with Crippen molar-refractivity contribution < 1.29 is 0 Å². The number of nitrogens with zero attached hydrogens (tertiary/aromatic N) is 6. The Morgan fingerprint density at radius 1 is 0.962 bits per heavy atom. The first-order chi connectivity index (χ1) is 12.6. The van der Waals surface area contributed by atoms with E-state index in [2.05, 4.69) is 20.5 Å². The zero-order chi connectivity index (χ0) is 17.8. The molecule has 0 atom stereocenters. The Bertz CT molecular complexity index is 1360. The molecule has 0 spiro atoms. The fourth-order valence-electron chi connectivity index (χ4n) is 3.31. The number of imidazole rings is 1. The summed E-state index contributed by atoms with van der Waals surface area (Å²) in [7, 11) is 3.53. The second kappa shape index (κ2) is 5.16. The van der Waals surface area contributed by atoms with Gasteiger partial charge in [-0.1, -0.05) is 12.1 Å². The van der Waals surface area contributed by atoms with Crippen molar-refractivity contribution in [2.24, 2.45) is 14.1 Å². The number of anilines is 2. The molecule has 0 saturated heterocycles. The highest BCUT2D eigenvalue weighted by Crippen LogP contribution is 2.25. The molecule has 0 bridgehead atoms. The molecule has 128 valence electrons. The number of nitrogens with one attached hydrogen (secondary N) is 1. The van der Waals surface area contributed by atoms with Crippen LogP contribution in [0, 0.1) is 0 Å². The second-order valence-corrected chi connectivity index (χ2v) is 6.20. The third-order valence-corrected chi connectivity index (χ3v) is 4.67. The molecule has 0 unspecified atom stereocenters. The maximum absolute atomic E-state index is 12.1. The molecule has 5 rings (SSSR count). The van der Waals surface area contributed by atoms with E-state index in [-0.39, 0.29) is 5.69 Å². The van der Waals surface area contributed by atoms with Crippen molar-refractivity contribution in [3.05, 3.63) is 59.3 Å². The van der Waals surface area contributed by atoms with Gasteiger partial charge in [-0.05, 0) is 30.3 Å². The molecule has 0 aliphatic rings. The van der Waals surface area contributed by atoms with Crippen molar-refractivity contribution in [3.8, 4) is 0 Å². The van der Waals surface area contributed by atoms with Crippen LogP contribution in [0.25, 0.3) is 27.7 Å². The summed E-state index contributed by atoms with van der Waals surface area (Å²) < 4.78 is 5.16. The first-order valence-corrected chi connectivity index (χ1v) is 8.14. The quantitative estimate of drug-likeness (QED) is 0.530. The van der Waals surface area contributed by atoms with E-state index in [0.29, 0.717) is 11.5 Å². The minimum atomic E-state index is -0.0548. The highest BCUT2D eigenvalue weighted by atomic mass is 16.1. The minimum Gasteiger partial charge on any atom is -0.337 e. The van der Waals surface area contributed by atoms with Gasteiger partial charge in [0.05, 0.1) is 22.1 Å². The standard InChI is InChI=1S/C18H15N7O/c1-23-14-8-7-11(9-15(14)24(2)18(23)26)20-16-17-22-19-10-25(17)13-6-4-3-5-12(13)21-16/h3-10H,1-2H3,(H,20,21). The third-order valence-electron chi connectivity index (χ3n) is 4.67. The zero-order valence-corrected chi connectivity index (χ0v) is 14.2. The van der Waals surface area contributed by atoms with Crippen LogP contribution in [0.5, 0.6) is 0 Å². The Labute approximate surface area is 147 Å². The molecular weight excluding hydrogens is 330 g/mol. The van der Waals surface area contributed by atoms with Crippen LogP contribution in [0.2, 0.25) is 0 Å². The fourth-order valence-corrected chi connectivity index (χ4v) is 3.31. The highest BCUT2D eigenvalue weighted by molar-refractivity contribution is 5.86. The summed E-state index contributed by atoms with van der Waals surface area (Å²) in [5.41, 5.74) is 4.93. The first-order valence-electron chi connectivity index (χ1n) is 8.14. The first kappa shape index (κ1) is 14.6. The Morgan fingerprint density at radius 3 is 2.65 bits per heavy atom. The van der Waals surface area contributed by atoms with Gasteiger partial charge in [-0.15, -0.1) is 10.2 Å². The molecule has 26 heavy (non-hydrogen) atoms. The number of para-hydroxylation sites is 2. The van der Waals surface area contributed by atoms with Gasteiger partial charge in [0.15, 0.2) is 5.82 Å². The van der Waals surface area contributed by atoms with Gasteiger partial charge in [0.25, 0.3) is 0 Å². The van der Waals surface area contributed by atoms with Gasteiger partial charge in [-0.25, -0.2) is 9.78 Å². The van der Waals surface area contributed by atoms with E-state index in [4.69, 9.17) is 0 Å². The molecule has 0 saturated carbocycles. The lowest BCUT2D eigenvalue weighted by molar-refractivity contribution is 0.795. The molecule has 3 heterocycles. The summed E-state index contributed by atoms with van der Waals surface area (Å²) in [5.74, 6) is 0.612. The fraction of sp³-hybridized carbons (Fsp3) is 0.111. The lowest BCUT2D eigenvalue weighted by Gasteiger charge is -2.09. The Kier molecular flexibility index (Phi) is 2.90. The molecule has 0 amide bonds. The molecule has 1 N–H and O–H groups in total. The lowest BCUT2D eigenvalue weighted by Crippen LogP contribution is -2.19. The number of benzene rings is 2. The molecule has 2 aromatic carbocycles. The van der Waals surface area contributed by atoms with Gasteiger partial charge in [0.2, 0.25) is 5.65 Å². The van der Waals surface area contributed by atoms with Crippen LogP contribution < -0.4 is 11.0 Å². The number of rotatable bonds is 2. The van der Waals surface area contributed by atoms with Gasteiger partial charge in [0, 0.05) is 19.8 Å². The van der Waals surface area contributed by atoms with Gasteiger partial charge >= 0.3 is 5.69 Å². The SMILES string of the molecule is Cn1c(=O)n(C)c2cc(Nc3nc4ccccc4n4cnnc34)ccc21. The van der Waals surface area contributed by atoms with Crippen LogP contribution >= 0.6 is 0 Å². The normalized spacial score (nSPS) is 11.6. The molecule has 0 aliphatic heterocycles. The number of fused-ring (bicyclic) bond motifs is 4. The number of hydrogen-bond donors (Lipinski definition) is 1. The predicted octanol–water partition coefficient (Wildman–Crippen LogP) is 2.21. The van der Waals surface area contributed by atoms with E-state index >= 15 is 0 Å². The number of aromatic nitrogens is 6. The summed E-state index contributed by atoms with van der Waals surface area (Å²) in [6, 6.07) is 13.6. The van der Waals surface area contributed by atoms with Crippen molar-refractivity contribution in [1.82, 2.24) is 28.7 Å². The molecule has 8 heteroatoms. The van der Waals surface area contributed by atoms with Crippen LogP contribution in [0.1, 0.15) is 0 Å². The van der Waals surface area contributed by atoms with E-state index in [1.807, 2.05) is 46.9 Å². The van der Waals surface area contributed by atoms with Crippen LogP contribution in [0.3, 0.4) is 0 Å². The number of hydrogen-bond acceptors (Lipinski definition) is 5. The van der Waals surface area contributed by atoms with Gasteiger partial charge in [0.1, 0.15) is 6.33 Å². The number of aryl methyl sites for hydroxylation is 2. The van der Waals surface area contributed by atoms with Crippen molar-refractivity contribution in [2.75, 3.05) is 5.32 Å². The largest absolute Gasteiger partial charge is 0.337 e. The highest BCUT2D eigenvalue weighted by Gasteiger charge is 2.12. The smallest absolute Gasteiger partial charge is 0.328 e. The average molecular weight is 345 g/mol. The zero-order valence-electron chi connectivity index (χ0n) is 14.2. The van der Waals surface area contributed by atoms with Crippen LogP contribution in [0.4, 0.5) is 11.5 Å². The van der Waals surface area contributed by atoms with Gasteiger partial charge in [-0.2, -0.15) is 0 Å². The molecule has 0 fully saturated rings. The maximum Gasteiger partial charge on any atom is 0.328 e. The lowest BCUT2D eigenvalue weighted by atomic mass is 10.2. The van der Waals surface area contributed by atoms with Crippen molar-refractivity contribution in [1.29, 1.82) is 0 Å². The Hall–Kier alpha value is -3.68. The van der Waals surface area contributed by atoms with Crippen LogP contribution in [-0.2, 0) is 14.1 Å². The van der Waals surface area contributed by atoms with Crippen molar-refractivity contribution in [2.45, 2.75) is 0 Å². The Balaban J connectivity index is 1.69. The monoisotopic (exact) mass is 345 g/mol. The van der Waals surface area contributed by atoms with E-state index in [1.54, 1.807) is 29.6 Å². The Morgan fingerprint density at radius 2 is 1.77 bits per heavy atom. The summed E-state index contributed by atoms with van der Waals surface area (Å²) in [6.45, 7) is 0.